The molecule has 25 heavy (non-hydrogen) atoms. The second-order valence-electron chi connectivity index (χ2n) is 6.23. The Morgan fingerprint density at radius 3 is 2.60 bits per heavy atom. The molecule has 0 unspecified atom stereocenters. The lowest BCUT2D eigenvalue weighted by Gasteiger charge is -2.35. The first-order chi connectivity index (χ1) is 12.2. The Morgan fingerprint density at radius 1 is 1.16 bits per heavy atom. The van der Waals surface area contributed by atoms with Gasteiger partial charge < -0.3 is 14.2 Å². The maximum Gasteiger partial charge on any atom is 0.257 e. The number of piperazine rings is 1. The van der Waals surface area contributed by atoms with Gasteiger partial charge in [0.05, 0.1) is 12.2 Å². The molecule has 2 aromatic rings. The molecular weight excluding hydrogens is 316 g/mol. The van der Waals surface area contributed by atoms with Crippen molar-refractivity contribution in [3.8, 4) is 5.75 Å². The summed E-state index contributed by atoms with van der Waals surface area (Å²) < 4.78 is 7.76. The summed E-state index contributed by atoms with van der Waals surface area (Å²) >= 11 is 0. The highest BCUT2D eigenvalue weighted by molar-refractivity contribution is 5.97. The third kappa shape index (κ3) is 4.20. The average Bonchev–Trinajstić information content (AvgIpc) is 3.05. The van der Waals surface area contributed by atoms with Gasteiger partial charge in [-0.1, -0.05) is 12.1 Å². The van der Waals surface area contributed by atoms with E-state index in [0.717, 1.165) is 45.1 Å². The molecule has 1 saturated heterocycles. The third-order valence-electron chi connectivity index (χ3n) is 4.66. The fraction of sp³-hybridized carbons (Fsp3) is 0.474. The van der Waals surface area contributed by atoms with Gasteiger partial charge in [-0.2, -0.15) is 0 Å². The van der Waals surface area contributed by atoms with Crippen LogP contribution < -0.4 is 4.74 Å². The molecule has 0 atom stereocenters. The number of hydrogen-bond donors (Lipinski definition) is 0. The maximum atomic E-state index is 12.8. The Balaban J connectivity index is 1.53. The fourth-order valence-electron chi connectivity index (χ4n) is 3.16. The zero-order valence-electron chi connectivity index (χ0n) is 15.0. The van der Waals surface area contributed by atoms with Gasteiger partial charge in [0.1, 0.15) is 11.6 Å². The Hall–Kier alpha value is -2.34. The molecule has 0 aliphatic carbocycles. The van der Waals surface area contributed by atoms with Crippen molar-refractivity contribution in [2.75, 3.05) is 39.3 Å². The van der Waals surface area contributed by atoms with Crippen LogP contribution in [0.5, 0.6) is 5.75 Å². The summed E-state index contributed by atoms with van der Waals surface area (Å²) in [6.45, 7) is 9.73. The maximum absolute atomic E-state index is 12.8. The molecule has 6 heteroatoms. The molecular formula is C19H26N4O2. The van der Waals surface area contributed by atoms with Crippen molar-refractivity contribution < 1.29 is 9.53 Å². The lowest BCUT2D eigenvalue weighted by atomic mass is 10.1. The number of para-hydroxylation sites is 1. The summed E-state index contributed by atoms with van der Waals surface area (Å²) in [4.78, 5) is 21.4. The van der Waals surface area contributed by atoms with Crippen LogP contribution in [0.15, 0.2) is 36.7 Å². The molecule has 6 nitrogen and oxygen atoms in total. The van der Waals surface area contributed by atoms with E-state index in [2.05, 4.69) is 14.5 Å². The standard InChI is InChI=1S/C19H26N4O2/c1-3-25-18-7-5-4-6-17(18)19(24)23-14-11-21(12-15-23)10-13-22-9-8-20-16(22)2/h4-9H,3,10-15H2,1-2H3. The van der Waals surface area contributed by atoms with Crippen LogP contribution in [0.1, 0.15) is 23.1 Å². The molecule has 1 aliphatic rings. The van der Waals surface area contributed by atoms with E-state index >= 15 is 0 Å². The van der Waals surface area contributed by atoms with Crippen LogP contribution in [0.2, 0.25) is 0 Å². The molecule has 2 heterocycles. The Bertz CT molecular complexity index is 705. The zero-order valence-corrected chi connectivity index (χ0v) is 15.0. The summed E-state index contributed by atoms with van der Waals surface area (Å²) in [5.41, 5.74) is 0.659. The summed E-state index contributed by atoms with van der Waals surface area (Å²) in [5, 5.41) is 0. The Morgan fingerprint density at radius 2 is 1.92 bits per heavy atom. The van der Waals surface area contributed by atoms with Gasteiger partial charge in [0.2, 0.25) is 0 Å². The summed E-state index contributed by atoms with van der Waals surface area (Å²) in [6, 6.07) is 7.50. The van der Waals surface area contributed by atoms with Crippen molar-refractivity contribution in [3.63, 3.8) is 0 Å². The van der Waals surface area contributed by atoms with Gasteiger partial charge in [0.15, 0.2) is 0 Å². The molecule has 1 aromatic heterocycles. The number of rotatable bonds is 6. The molecule has 134 valence electrons. The first kappa shape index (κ1) is 17.5. The van der Waals surface area contributed by atoms with Gasteiger partial charge in [-0.3, -0.25) is 9.69 Å². The predicted molar refractivity (Wildman–Crippen MR) is 96.9 cm³/mol. The van der Waals surface area contributed by atoms with Gasteiger partial charge in [-0.15, -0.1) is 0 Å². The van der Waals surface area contributed by atoms with E-state index in [4.69, 9.17) is 4.74 Å². The molecule has 0 radical (unpaired) electrons. The number of aryl methyl sites for hydroxylation is 1. The molecule has 1 fully saturated rings. The van der Waals surface area contributed by atoms with Gasteiger partial charge in [0.25, 0.3) is 5.91 Å². The quantitative estimate of drug-likeness (QED) is 0.806. The van der Waals surface area contributed by atoms with E-state index in [9.17, 15) is 4.79 Å². The number of aromatic nitrogens is 2. The molecule has 1 aromatic carbocycles. The number of imidazole rings is 1. The lowest BCUT2D eigenvalue weighted by molar-refractivity contribution is 0.0629. The topological polar surface area (TPSA) is 50.6 Å². The smallest absolute Gasteiger partial charge is 0.257 e. The number of amides is 1. The van der Waals surface area contributed by atoms with Gasteiger partial charge in [-0.05, 0) is 26.0 Å². The Labute approximate surface area is 149 Å². The first-order valence-corrected chi connectivity index (χ1v) is 8.90. The van der Waals surface area contributed by atoms with Crippen LogP contribution in [0.3, 0.4) is 0 Å². The molecule has 1 aliphatic heterocycles. The monoisotopic (exact) mass is 342 g/mol. The predicted octanol–water partition coefficient (Wildman–Crippen LogP) is 2.05. The average molecular weight is 342 g/mol. The zero-order chi connectivity index (χ0) is 17.6. The SMILES string of the molecule is CCOc1ccccc1C(=O)N1CCN(CCn2ccnc2C)CC1. The van der Waals surface area contributed by atoms with E-state index < -0.39 is 0 Å². The van der Waals surface area contributed by atoms with Crippen LogP contribution >= 0.6 is 0 Å². The van der Waals surface area contributed by atoms with Gasteiger partial charge in [-0.25, -0.2) is 4.98 Å². The van der Waals surface area contributed by atoms with Crippen molar-refractivity contribution in [2.45, 2.75) is 20.4 Å². The lowest BCUT2D eigenvalue weighted by Crippen LogP contribution is -2.49. The molecule has 0 N–H and O–H groups in total. The third-order valence-corrected chi connectivity index (χ3v) is 4.66. The minimum Gasteiger partial charge on any atom is -0.493 e. The second-order valence-corrected chi connectivity index (χ2v) is 6.23. The molecule has 0 spiro atoms. The highest BCUT2D eigenvalue weighted by Crippen LogP contribution is 2.20. The van der Waals surface area contributed by atoms with E-state index in [1.54, 1.807) is 0 Å². The van der Waals surface area contributed by atoms with Crippen molar-refractivity contribution in [1.29, 1.82) is 0 Å². The van der Waals surface area contributed by atoms with Crippen molar-refractivity contribution in [3.05, 3.63) is 48.0 Å². The van der Waals surface area contributed by atoms with E-state index in [1.165, 1.54) is 0 Å². The molecule has 0 bridgehead atoms. The minimum atomic E-state index is 0.0640. The second kappa shape index (κ2) is 8.16. The highest BCUT2D eigenvalue weighted by Gasteiger charge is 2.24. The fourth-order valence-corrected chi connectivity index (χ4v) is 3.16. The van der Waals surface area contributed by atoms with Crippen molar-refractivity contribution >= 4 is 5.91 Å². The summed E-state index contributed by atoms with van der Waals surface area (Å²) in [7, 11) is 0. The van der Waals surface area contributed by atoms with E-state index in [0.29, 0.717) is 17.9 Å². The van der Waals surface area contributed by atoms with Crippen LogP contribution in [0.4, 0.5) is 0 Å². The highest BCUT2D eigenvalue weighted by atomic mass is 16.5. The van der Waals surface area contributed by atoms with Crippen LogP contribution in [-0.2, 0) is 6.54 Å². The van der Waals surface area contributed by atoms with Crippen molar-refractivity contribution in [1.82, 2.24) is 19.4 Å². The van der Waals surface area contributed by atoms with Gasteiger partial charge >= 0.3 is 0 Å². The summed E-state index contributed by atoms with van der Waals surface area (Å²) in [6.07, 6.45) is 3.85. The first-order valence-electron chi connectivity index (χ1n) is 8.90. The number of hydrogen-bond acceptors (Lipinski definition) is 4. The minimum absolute atomic E-state index is 0.0640. The van der Waals surface area contributed by atoms with Crippen LogP contribution in [-0.4, -0.2) is 64.6 Å². The van der Waals surface area contributed by atoms with E-state index in [1.807, 2.05) is 55.4 Å². The normalized spacial score (nSPS) is 15.4. The molecule has 3 rings (SSSR count). The number of carbonyl (C=O) groups excluding carboxylic acids is 1. The van der Waals surface area contributed by atoms with Crippen LogP contribution in [0, 0.1) is 6.92 Å². The largest absolute Gasteiger partial charge is 0.493 e. The van der Waals surface area contributed by atoms with Gasteiger partial charge in [0, 0.05) is 51.7 Å². The Kier molecular flexibility index (Phi) is 5.71. The number of nitrogens with zero attached hydrogens (tertiary/aromatic N) is 4. The van der Waals surface area contributed by atoms with Crippen molar-refractivity contribution in [2.24, 2.45) is 0 Å². The van der Waals surface area contributed by atoms with E-state index in [-0.39, 0.29) is 5.91 Å². The summed E-state index contributed by atoms with van der Waals surface area (Å²) in [5.74, 6) is 1.78. The number of ether oxygens (including phenoxy) is 1. The molecule has 1 amide bonds. The number of carbonyl (C=O) groups is 1. The van der Waals surface area contributed by atoms with Crippen LogP contribution in [0.25, 0.3) is 0 Å². The molecule has 0 saturated carbocycles. The number of benzene rings is 1.